The van der Waals surface area contributed by atoms with Crippen molar-refractivity contribution in [2.45, 2.75) is 51.0 Å². The van der Waals surface area contributed by atoms with Gasteiger partial charge in [-0.15, -0.1) is 0 Å². The zero-order chi connectivity index (χ0) is 22.9. The van der Waals surface area contributed by atoms with E-state index in [-0.39, 0.29) is 22.9 Å². The quantitative estimate of drug-likeness (QED) is 0.633. The Morgan fingerprint density at radius 3 is 2.50 bits per heavy atom. The Morgan fingerprint density at radius 1 is 1.06 bits per heavy atom. The third kappa shape index (κ3) is 4.35. The van der Waals surface area contributed by atoms with Crippen LogP contribution in [0.2, 0.25) is 0 Å². The molecule has 4 rings (SSSR count). The second kappa shape index (κ2) is 8.91. The van der Waals surface area contributed by atoms with Crippen molar-refractivity contribution in [3.8, 4) is 0 Å². The lowest BCUT2D eigenvalue weighted by Gasteiger charge is -2.19. The summed E-state index contributed by atoms with van der Waals surface area (Å²) in [5.41, 5.74) is 3.20. The number of anilines is 1. The molecule has 1 saturated heterocycles. The minimum absolute atomic E-state index is 0.0904. The van der Waals surface area contributed by atoms with Crippen molar-refractivity contribution in [3.63, 3.8) is 0 Å². The number of aryl methyl sites for hydroxylation is 1. The third-order valence-electron chi connectivity index (χ3n) is 6.02. The number of carbonyl (C=O) groups is 1. The van der Waals surface area contributed by atoms with Crippen LogP contribution in [0.15, 0.2) is 50.5 Å². The number of rotatable bonds is 5. The Labute approximate surface area is 186 Å². The molecule has 1 fully saturated rings. The summed E-state index contributed by atoms with van der Waals surface area (Å²) in [6.45, 7) is 4.61. The molecule has 2 heterocycles. The summed E-state index contributed by atoms with van der Waals surface area (Å²) in [6, 6.07) is 9.97. The van der Waals surface area contributed by atoms with Gasteiger partial charge in [-0.2, -0.15) is 4.31 Å². The molecule has 0 bridgehead atoms. The molecule has 1 aliphatic heterocycles. The number of nitrogens with one attached hydrogen (secondary N) is 1. The molecule has 1 amide bonds. The summed E-state index contributed by atoms with van der Waals surface area (Å²) in [4.78, 5) is 25.1. The van der Waals surface area contributed by atoms with Crippen molar-refractivity contribution < 1.29 is 17.6 Å². The SMILES string of the molecule is Cc1cccc(NC(=O)Cn2c(=O)oc3cc(S(=O)(=O)N4CCCCCC4)ccc32)c1C. The first kappa shape index (κ1) is 22.3. The molecule has 1 aromatic heterocycles. The van der Waals surface area contributed by atoms with Gasteiger partial charge in [-0.3, -0.25) is 9.36 Å². The second-order valence-corrected chi connectivity index (χ2v) is 10.1. The number of fused-ring (bicyclic) bond motifs is 1. The maximum atomic E-state index is 13.1. The van der Waals surface area contributed by atoms with Crippen molar-refractivity contribution >= 4 is 32.7 Å². The number of amides is 1. The molecule has 170 valence electrons. The highest BCUT2D eigenvalue weighted by Crippen LogP contribution is 2.24. The minimum atomic E-state index is -3.67. The highest BCUT2D eigenvalue weighted by molar-refractivity contribution is 7.89. The van der Waals surface area contributed by atoms with Gasteiger partial charge >= 0.3 is 5.76 Å². The van der Waals surface area contributed by atoms with E-state index >= 15 is 0 Å². The molecule has 2 aromatic carbocycles. The van der Waals surface area contributed by atoms with Gasteiger partial charge in [0.05, 0.1) is 10.4 Å². The summed E-state index contributed by atoms with van der Waals surface area (Å²) in [5.74, 6) is -1.08. The van der Waals surface area contributed by atoms with E-state index in [0.29, 0.717) is 24.3 Å². The van der Waals surface area contributed by atoms with E-state index in [1.165, 1.54) is 27.1 Å². The van der Waals surface area contributed by atoms with Gasteiger partial charge in [0.25, 0.3) is 0 Å². The maximum absolute atomic E-state index is 13.1. The third-order valence-corrected chi connectivity index (χ3v) is 7.92. The van der Waals surface area contributed by atoms with E-state index in [0.717, 1.165) is 36.8 Å². The maximum Gasteiger partial charge on any atom is 0.420 e. The average Bonchev–Trinajstić information content (AvgIpc) is 2.93. The van der Waals surface area contributed by atoms with E-state index in [4.69, 9.17) is 4.42 Å². The fraction of sp³-hybridized carbons (Fsp3) is 0.391. The van der Waals surface area contributed by atoms with E-state index in [9.17, 15) is 18.0 Å². The first-order valence-electron chi connectivity index (χ1n) is 10.8. The fourth-order valence-electron chi connectivity index (χ4n) is 4.01. The van der Waals surface area contributed by atoms with Gasteiger partial charge in [-0.1, -0.05) is 25.0 Å². The highest BCUT2D eigenvalue weighted by Gasteiger charge is 2.26. The number of benzene rings is 2. The Balaban J connectivity index is 1.59. The van der Waals surface area contributed by atoms with Crippen LogP contribution in [0, 0.1) is 13.8 Å². The summed E-state index contributed by atoms with van der Waals surface area (Å²) in [7, 11) is -3.67. The van der Waals surface area contributed by atoms with Crippen molar-refractivity contribution in [2.24, 2.45) is 0 Å². The van der Waals surface area contributed by atoms with Gasteiger partial charge in [0, 0.05) is 24.8 Å². The number of oxazole rings is 1. The molecule has 3 aromatic rings. The van der Waals surface area contributed by atoms with Crippen LogP contribution in [0.25, 0.3) is 11.1 Å². The molecule has 0 spiro atoms. The monoisotopic (exact) mass is 457 g/mol. The standard InChI is InChI=1S/C23H27N3O5S/c1-16-8-7-9-19(17(16)2)24-22(27)15-26-20-11-10-18(14-21(20)31-23(26)28)32(29,30)25-12-5-3-4-6-13-25/h7-11,14H,3-6,12-13,15H2,1-2H3,(H,24,27). The van der Waals surface area contributed by atoms with Crippen LogP contribution in [0.3, 0.4) is 0 Å². The molecule has 0 atom stereocenters. The number of hydrogen-bond acceptors (Lipinski definition) is 5. The van der Waals surface area contributed by atoms with E-state index < -0.39 is 15.8 Å². The molecular formula is C23H27N3O5S. The normalized spacial score (nSPS) is 15.6. The fourth-order valence-corrected chi connectivity index (χ4v) is 5.54. The van der Waals surface area contributed by atoms with E-state index in [2.05, 4.69) is 5.32 Å². The largest absolute Gasteiger partial charge is 0.420 e. The summed E-state index contributed by atoms with van der Waals surface area (Å²) >= 11 is 0. The van der Waals surface area contributed by atoms with Crippen molar-refractivity contribution in [2.75, 3.05) is 18.4 Å². The zero-order valence-corrected chi connectivity index (χ0v) is 19.1. The summed E-state index contributed by atoms with van der Waals surface area (Å²) in [6.07, 6.45) is 3.71. The van der Waals surface area contributed by atoms with Gasteiger partial charge in [-0.05, 0) is 56.0 Å². The van der Waals surface area contributed by atoms with Crippen molar-refractivity contribution in [3.05, 3.63) is 58.1 Å². The number of aromatic nitrogens is 1. The lowest BCUT2D eigenvalue weighted by molar-refractivity contribution is -0.116. The van der Waals surface area contributed by atoms with Gasteiger partial charge in [0.2, 0.25) is 15.9 Å². The van der Waals surface area contributed by atoms with Gasteiger partial charge in [0.15, 0.2) is 5.58 Å². The van der Waals surface area contributed by atoms with E-state index in [1.807, 2.05) is 26.0 Å². The second-order valence-electron chi connectivity index (χ2n) is 8.20. The molecule has 1 N–H and O–H groups in total. The molecule has 9 heteroatoms. The average molecular weight is 458 g/mol. The Kier molecular flexibility index (Phi) is 6.21. The molecular weight excluding hydrogens is 430 g/mol. The smallest absolute Gasteiger partial charge is 0.408 e. The molecule has 0 aliphatic carbocycles. The van der Waals surface area contributed by atoms with Crippen molar-refractivity contribution in [1.82, 2.24) is 8.87 Å². The van der Waals surface area contributed by atoms with Crippen LogP contribution in [0.1, 0.15) is 36.8 Å². The molecule has 1 aliphatic rings. The van der Waals surface area contributed by atoms with Crippen LogP contribution in [-0.2, 0) is 21.4 Å². The number of sulfonamides is 1. The van der Waals surface area contributed by atoms with Crippen LogP contribution >= 0.6 is 0 Å². The Morgan fingerprint density at radius 2 is 1.78 bits per heavy atom. The first-order chi connectivity index (χ1) is 15.3. The predicted molar refractivity (Wildman–Crippen MR) is 122 cm³/mol. The molecule has 0 saturated carbocycles. The lowest BCUT2D eigenvalue weighted by atomic mass is 10.1. The number of carbonyl (C=O) groups excluding carboxylic acids is 1. The molecule has 0 unspecified atom stereocenters. The summed E-state index contributed by atoms with van der Waals surface area (Å²) in [5, 5.41) is 2.82. The van der Waals surface area contributed by atoms with Crippen LogP contribution in [-0.4, -0.2) is 36.3 Å². The topological polar surface area (TPSA) is 102 Å². The van der Waals surface area contributed by atoms with Crippen LogP contribution in [0.5, 0.6) is 0 Å². The number of hydrogen-bond donors (Lipinski definition) is 1. The Hall–Kier alpha value is -2.91. The van der Waals surface area contributed by atoms with Crippen LogP contribution < -0.4 is 11.1 Å². The van der Waals surface area contributed by atoms with Crippen LogP contribution in [0.4, 0.5) is 5.69 Å². The van der Waals surface area contributed by atoms with Gasteiger partial charge < -0.3 is 9.73 Å². The lowest BCUT2D eigenvalue weighted by Crippen LogP contribution is -2.31. The minimum Gasteiger partial charge on any atom is -0.408 e. The van der Waals surface area contributed by atoms with Crippen molar-refractivity contribution in [1.29, 1.82) is 0 Å². The summed E-state index contributed by atoms with van der Waals surface area (Å²) < 4.78 is 34.1. The predicted octanol–water partition coefficient (Wildman–Crippen LogP) is 3.41. The molecule has 32 heavy (non-hydrogen) atoms. The van der Waals surface area contributed by atoms with E-state index in [1.54, 1.807) is 6.07 Å². The first-order valence-corrected chi connectivity index (χ1v) is 12.2. The highest BCUT2D eigenvalue weighted by atomic mass is 32.2. The van der Waals surface area contributed by atoms with Gasteiger partial charge in [0.1, 0.15) is 6.54 Å². The Bertz CT molecular complexity index is 1320. The number of nitrogens with zero attached hydrogens (tertiary/aromatic N) is 2. The van der Waals surface area contributed by atoms with Gasteiger partial charge in [-0.25, -0.2) is 13.2 Å². The zero-order valence-electron chi connectivity index (χ0n) is 18.3. The molecule has 8 nitrogen and oxygen atoms in total. The molecule has 0 radical (unpaired) electrons.